The zero-order chi connectivity index (χ0) is 18.7. The van der Waals surface area contributed by atoms with Crippen LogP contribution in [0, 0.1) is 0 Å². The highest BCUT2D eigenvalue weighted by atomic mass is 16.7. The molecule has 0 unspecified atom stereocenters. The molecule has 0 amide bonds. The second kappa shape index (κ2) is 11.1. The van der Waals surface area contributed by atoms with E-state index in [2.05, 4.69) is 26.8 Å². The van der Waals surface area contributed by atoms with Crippen molar-refractivity contribution in [3.63, 3.8) is 0 Å². The molecular weight excluding hydrogens is 320 g/mol. The van der Waals surface area contributed by atoms with Gasteiger partial charge in [0.25, 0.3) is 0 Å². The highest BCUT2D eigenvalue weighted by molar-refractivity contribution is 5.76. The summed E-state index contributed by atoms with van der Waals surface area (Å²) < 4.78 is 14.9. The van der Waals surface area contributed by atoms with Gasteiger partial charge in [-0.15, -0.1) is 0 Å². The maximum Gasteiger partial charge on any atom is 0.302 e. The van der Waals surface area contributed by atoms with Crippen LogP contribution in [-0.4, -0.2) is 25.7 Å². The first-order valence-corrected chi connectivity index (χ1v) is 8.19. The molecule has 0 aliphatic carbocycles. The SMILES string of the molecule is CC(=O)OC/C=C(\C)CCC=C(C)C.O=Cc1ccc2c(c1)OCO2. The van der Waals surface area contributed by atoms with Crippen LogP contribution in [0.15, 0.2) is 41.5 Å². The van der Waals surface area contributed by atoms with E-state index in [1.807, 2.05) is 6.08 Å². The summed E-state index contributed by atoms with van der Waals surface area (Å²) in [5, 5.41) is 0. The Kier molecular flexibility index (Phi) is 9.07. The van der Waals surface area contributed by atoms with Crippen molar-refractivity contribution in [2.24, 2.45) is 0 Å². The summed E-state index contributed by atoms with van der Waals surface area (Å²) in [6, 6.07) is 5.09. The molecule has 1 aliphatic rings. The van der Waals surface area contributed by atoms with E-state index in [0.717, 1.165) is 19.1 Å². The lowest BCUT2D eigenvalue weighted by Crippen LogP contribution is -1.98. The van der Waals surface area contributed by atoms with Crippen LogP contribution in [0.1, 0.15) is 50.9 Å². The molecule has 136 valence electrons. The lowest BCUT2D eigenvalue weighted by atomic mass is 10.1. The van der Waals surface area contributed by atoms with Gasteiger partial charge in [0.15, 0.2) is 11.5 Å². The van der Waals surface area contributed by atoms with Gasteiger partial charge in [-0.25, -0.2) is 0 Å². The first-order valence-electron chi connectivity index (χ1n) is 8.19. The average molecular weight is 346 g/mol. The Morgan fingerprint density at radius 3 is 2.48 bits per heavy atom. The van der Waals surface area contributed by atoms with Gasteiger partial charge < -0.3 is 14.2 Å². The summed E-state index contributed by atoms with van der Waals surface area (Å²) >= 11 is 0. The van der Waals surface area contributed by atoms with Gasteiger partial charge in [0, 0.05) is 12.5 Å². The summed E-state index contributed by atoms with van der Waals surface area (Å²) in [5.74, 6) is 1.13. The number of aldehydes is 1. The van der Waals surface area contributed by atoms with E-state index in [4.69, 9.17) is 14.2 Å². The number of fused-ring (bicyclic) bond motifs is 1. The first kappa shape index (κ1) is 20.5. The highest BCUT2D eigenvalue weighted by Gasteiger charge is 2.12. The van der Waals surface area contributed by atoms with Crippen molar-refractivity contribution in [2.75, 3.05) is 13.4 Å². The van der Waals surface area contributed by atoms with Crippen molar-refractivity contribution in [2.45, 2.75) is 40.5 Å². The number of carbonyl (C=O) groups is 2. The van der Waals surface area contributed by atoms with Crippen LogP contribution in [0.5, 0.6) is 11.5 Å². The summed E-state index contributed by atoms with van der Waals surface area (Å²) in [7, 11) is 0. The molecule has 0 spiro atoms. The molecule has 25 heavy (non-hydrogen) atoms. The average Bonchev–Trinajstić information content (AvgIpc) is 3.02. The molecule has 0 saturated carbocycles. The van der Waals surface area contributed by atoms with Crippen LogP contribution < -0.4 is 9.47 Å². The lowest BCUT2D eigenvalue weighted by molar-refractivity contribution is -0.139. The summed E-state index contributed by atoms with van der Waals surface area (Å²) in [5.41, 5.74) is 3.22. The Hall–Kier alpha value is -2.56. The Balaban J connectivity index is 0.000000255. The number of hydrogen-bond acceptors (Lipinski definition) is 5. The van der Waals surface area contributed by atoms with Crippen LogP contribution in [-0.2, 0) is 9.53 Å². The predicted molar refractivity (Wildman–Crippen MR) is 97.0 cm³/mol. The Labute approximate surface area is 149 Å². The molecule has 0 radical (unpaired) electrons. The number of esters is 1. The Morgan fingerprint density at radius 1 is 1.12 bits per heavy atom. The largest absolute Gasteiger partial charge is 0.462 e. The van der Waals surface area contributed by atoms with E-state index < -0.39 is 0 Å². The normalized spacial score (nSPS) is 11.9. The fraction of sp³-hybridized carbons (Fsp3) is 0.400. The van der Waals surface area contributed by atoms with Gasteiger partial charge in [-0.2, -0.15) is 0 Å². The molecule has 0 saturated heterocycles. The topological polar surface area (TPSA) is 61.8 Å². The standard InChI is InChI=1S/C12H20O2.C8H6O3/c1-10(2)6-5-7-11(3)8-9-14-12(4)13;9-4-6-1-2-7-8(3-6)11-5-10-7/h6,8H,5,7,9H2,1-4H3;1-4H,5H2/b11-8+;. The molecular formula is C20H26O5. The Morgan fingerprint density at radius 2 is 1.84 bits per heavy atom. The van der Waals surface area contributed by atoms with Crippen molar-refractivity contribution >= 4 is 12.3 Å². The van der Waals surface area contributed by atoms with Gasteiger partial charge in [-0.1, -0.05) is 17.2 Å². The zero-order valence-electron chi connectivity index (χ0n) is 15.3. The number of rotatable bonds is 6. The monoisotopic (exact) mass is 346 g/mol. The van der Waals surface area contributed by atoms with Crippen molar-refractivity contribution in [3.05, 3.63) is 47.1 Å². The van der Waals surface area contributed by atoms with Gasteiger partial charge in [0.2, 0.25) is 6.79 Å². The third-order valence-electron chi connectivity index (χ3n) is 3.34. The van der Waals surface area contributed by atoms with Crippen LogP contribution in [0.4, 0.5) is 0 Å². The predicted octanol–water partition coefficient (Wildman–Crippen LogP) is 4.47. The van der Waals surface area contributed by atoms with E-state index in [0.29, 0.717) is 23.7 Å². The van der Waals surface area contributed by atoms with Crippen molar-refractivity contribution < 1.29 is 23.8 Å². The van der Waals surface area contributed by atoms with Crippen LogP contribution >= 0.6 is 0 Å². The number of hydrogen-bond donors (Lipinski definition) is 0. The minimum Gasteiger partial charge on any atom is -0.462 e. The molecule has 0 atom stereocenters. The molecule has 1 aromatic rings. The zero-order valence-corrected chi connectivity index (χ0v) is 15.3. The number of benzene rings is 1. The van der Waals surface area contributed by atoms with Crippen molar-refractivity contribution in [1.82, 2.24) is 0 Å². The quantitative estimate of drug-likeness (QED) is 0.432. The second-order valence-electron chi connectivity index (χ2n) is 5.90. The van der Waals surface area contributed by atoms with Crippen LogP contribution in [0.2, 0.25) is 0 Å². The first-order chi connectivity index (χ1) is 11.9. The molecule has 5 nitrogen and oxygen atoms in total. The molecule has 1 heterocycles. The van der Waals surface area contributed by atoms with Crippen molar-refractivity contribution in [1.29, 1.82) is 0 Å². The van der Waals surface area contributed by atoms with Crippen molar-refractivity contribution in [3.8, 4) is 11.5 Å². The van der Waals surface area contributed by atoms with Crippen LogP contribution in [0.3, 0.4) is 0 Å². The maximum atomic E-state index is 10.5. The van der Waals surface area contributed by atoms with Gasteiger partial charge >= 0.3 is 5.97 Å². The van der Waals surface area contributed by atoms with Crippen LogP contribution in [0.25, 0.3) is 0 Å². The van der Waals surface area contributed by atoms with E-state index in [-0.39, 0.29) is 12.8 Å². The smallest absolute Gasteiger partial charge is 0.302 e. The fourth-order valence-electron chi connectivity index (χ4n) is 1.98. The molecule has 5 heteroatoms. The summed E-state index contributed by atoms with van der Waals surface area (Å²) in [4.78, 5) is 20.8. The molecule has 0 fully saturated rings. The molecule has 1 aliphatic heterocycles. The fourth-order valence-corrected chi connectivity index (χ4v) is 1.98. The number of carbonyl (C=O) groups excluding carboxylic acids is 2. The maximum absolute atomic E-state index is 10.5. The highest BCUT2D eigenvalue weighted by Crippen LogP contribution is 2.31. The van der Waals surface area contributed by atoms with Gasteiger partial charge in [-0.05, 0) is 57.9 Å². The van der Waals surface area contributed by atoms with E-state index >= 15 is 0 Å². The summed E-state index contributed by atoms with van der Waals surface area (Å²) in [6.07, 6.45) is 7.04. The second-order valence-corrected chi connectivity index (χ2v) is 5.90. The minimum atomic E-state index is -0.224. The third-order valence-corrected chi connectivity index (χ3v) is 3.34. The van der Waals surface area contributed by atoms with E-state index in [9.17, 15) is 9.59 Å². The molecule has 2 rings (SSSR count). The Bertz CT molecular complexity index is 639. The number of ether oxygens (including phenoxy) is 3. The molecule has 0 bridgehead atoms. The third kappa shape index (κ3) is 8.74. The van der Waals surface area contributed by atoms with E-state index in [1.165, 1.54) is 18.1 Å². The lowest BCUT2D eigenvalue weighted by Gasteiger charge is -2.00. The minimum absolute atomic E-state index is 0.224. The van der Waals surface area contributed by atoms with Gasteiger partial charge in [0.1, 0.15) is 12.9 Å². The van der Waals surface area contributed by atoms with Gasteiger partial charge in [0.05, 0.1) is 0 Å². The van der Waals surface area contributed by atoms with Gasteiger partial charge in [-0.3, -0.25) is 9.59 Å². The van der Waals surface area contributed by atoms with E-state index in [1.54, 1.807) is 18.2 Å². The molecule has 0 aromatic heterocycles. The number of allylic oxidation sites excluding steroid dienone is 3. The molecule has 0 N–H and O–H groups in total. The summed E-state index contributed by atoms with van der Waals surface area (Å²) in [6.45, 7) is 8.32. The molecule has 1 aromatic carbocycles.